The summed E-state index contributed by atoms with van der Waals surface area (Å²) in [5.41, 5.74) is 13.4. The first-order valence-electron chi connectivity index (χ1n) is 37.9. The lowest BCUT2D eigenvalue weighted by Crippen LogP contribution is -2.60. The van der Waals surface area contributed by atoms with Crippen LogP contribution in [0.25, 0.3) is 10.9 Å². The topological polar surface area (TPSA) is 516 Å². The van der Waals surface area contributed by atoms with Gasteiger partial charge in [0.15, 0.2) is 11.6 Å². The molecule has 1 aromatic carbocycles. The van der Waals surface area contributed by atoms with Crippen molar-refractivity contribution in [1.82, 2.24) is 68.0 Å². The molecule has 11 amide bonds. The number of urea groups is 1. The van der Waals surface area contributed by atoms with Crippen molar-refractivity contribution in [3.63, 3.8) is 0 Å². The molecule has 15 N–H and O–H groups in total. The molecule has 6 heterocycles. The zero-order chi connectivity index (χ0) is 81.2. The van der Waals surface area contributed by atoms with Crippen molar-refractivity contribution in [3.8, 4) is 5.75 Å². The number of aliphatic hydroxyl groups is 3. The number of imide groups is 1. The Labute approximate surface area is 656 Å². The van der Waals surface area contributed by atoms with Gasteiger partial charge in [0.1, 0.15) is 28.9 Å². The number of nitrogens with one attached hydrogen (secondary N) is 10. The number of unbranched alkanes of at least 4 members (excludes halogenated alkanes) is 1. The van der Waals surface area contributed by atoms with Crippen LogP contribution in [0.5, 0.6) is 5.75 Å². The molecule has 2 unspecified atom stereocenters. The van der Waals surface area contributed by atoms with E-state index in [9.17, 15) is 68.1 Å². The molecule has 0 saturated carbocycles. The van der Waals surface area contributed by atoms with E-state index in [1.54, 1.807) is 44.1 Å². The highest BCUT2D eigenvalue weighted by atomic mass is 32.2. The van der Waals surface area contributed by atoms with Crippen molar-refractivity contribution in [2.45, 2.75) is 133 Å². The van der Waals surface area contributed by atoms with Gasteiger partial charge in [-0.05, 0) is 48.6 Å². The Morgan fingerprint density at radius 2 is 1.38 bits per heavy atom. The maximum absolute atomic E-state index is 15.4. The number of fused-ring (bicyclic) bond motifs is 5. The number of likely N-dealkylation sites (tertiary alicyclic amines) is 1. The third-order valence-electron chi connectivity index (χ3n) is 19.6. The second kappa shape index (κ2) is 47.6. The number of hydrogen-bond donors (Lipinski definition) is 14. The number of rotatable bonds is 41. The molecule has 0 radical (unpaired) electrons. The number of nitrogens with zero attached hydrogens (tertiary/aromatic N) is 3. The van der Waals surface area contributed by atoms with E-state index in [4.69, 9.17) is 43.6 Å². The highest BCUT2D eigenvalue weighted by molar-refractivity contribution is 7.98. The number of carbonyl (C=O) groups is 12. The summed E-state index contributed by atoms with van der Waals surface area (Å²) in [6.45, 7) is 10.4. The number of nitrogens with two attached hydrogens (primary N) is 1. The largest absolute Gasteiger partial charge is 0.496 e. The van der Waals surface area contributed by atoms with Gasteiger partial charge in [0.2, 0.25) is 53.2 Å². The fraction of sp³-hybridized carbons (Fsp3) is 0.694. The Kier molecular flexibility index (Phi) is 38.8. The molecule has 2 fully saturated rings. The fourth-order valence-electron chi connectivity index (χ4n) is 13.1. The molecule has 12 atom stereocenters. The van der Waals surface area contributed by atoms with Gasteiger partial charge < -0.3 is 111 Å². The van der Waals surface area contributed by atoms with Gasteiger partial charge in [-0.2, -0.15) is 11.8 Å². The van der Waals surface area contributed by atoms with Crippen molar-refractivity contribution in [2.75, 3.05) is 164 Å². The van der Waals surface area contributed by atoms with Crippen LogP contribution in [0.3, 0.4) is 0 Å². The average Bonchev–Trinajstić information content (AvgIpc) is 1.61. The van der Waals surface area contributed by atoms with Crippen LogP contribution in [-0.2, 0) is 109 Å². The van der Waals surface area contributed by atoms with E-state index < -0.39 is 188 Å². The molecule has 112 heavy (non-hydrogen) atoms. The molecule has 2 aromatic rings. The number of primary amides is 1. The van der Waals surface area contributed by atoms with Crippen LogP contribution in [-0.4, -0.2) is 310 Å². The van der Waals surface area contributed by atoms with E-state index in [0.29, 0.717) is 152 Å². The van der Waals surface area contributed by atoms with Crippen molar-refractivity contribution < 1.29 is 115 Å². The number of ether oxygens (including phenoxy) is 8. The molecule has 626 valence electrons. The lowest BCUT2D eigenvalue weighted by molar-refractivity contribution is -0.144. The van der Waals surface area contributed by atoms with Crippen molar-refractivity contribution in [1.29, 1.82) is 0 Å². The average molecular weight is 1620 g/mol. The van der Waals surface area contributed by atoms with Gasteiger partial charge in [-0.15, -0.1) is 5.53 Å². The predicted molar refractivity (Wildman–Crippen MR) is 404 cm³/mol. The Bertz CT molecular complexity index is 3580. The molecule has 7 rings (SSSR count). The number of amides is 11. The highest BCUT2D eigenvalue weighted by Crippen LogP contribution is 2.38. The van der Waals surface area contributed by atoms with E-state index in [1.807, 2.05) is 0 Å². The minimum atomic E-state index is -2.42. The van der Waals surface area contributed by atoms with Crippen LogP contribution in [0.1, 0.15) is 90.2 Å². The van der Waals surface area contributed by atoms with E-state index in [0.717, 1.165) is 4.90 Å². The maximum Gasteiger partial charge on any atom is 0.314 e. The lowest BCUT2D eigenvalue weighted by atomic mass is 9.85. The first-order chi connectivity index (χ1) is 53.8. The van der Waals surface area contributed by atoms with Crippen LogP contribution in [0.15, 0.2) is 29.1 Å². The Hall–Kier alpha value is -8.00. The smallest absolute Gasteiger partial charge is 0.314 e. The second-order valence-corrected chi connectivity index (χ2v) is 30.5. The molecular weight excluding hydrogens is 1510 g/mol. The van der Waals surface area contributed by atoms with Crippen LogP contribution in [0.4, 0.5) is 4.79 Å². The number of Topliss-reactive ketones (excluding diaryl/α,β-unsaturated/α-hetero) is 2. The normalized spacial score (nSPS) is 23.5. The molecule has 5 aliphatic heterocycles. The first-order valence-corrected chi connectivity index (χ1v) is 40.4. The monoisotopic (exact) mass is 1620 g/mol. The number of H-pyrrole nitrogens is 1. The summed E-state index contributed by atoms with van der Waals surface area (Å²) in [5, 5.41) is 52.4. The molecule has 38 nitrogen and oxygen atoms in total. The quantitative estimate of drug-likeness (QED) is 0.0227. The summed E-state index contributed by atoms with van der Waals surface area (Å²) in [6, 6.07) is -4.07. The van der Waals surface area contributed by atoms with Gasteiger partial charge in [-0.3, -0.25) is 66.9 Å². The second-order valence-electron chi connectivity index (χ2n) is 27.9. The Balaban J connectivity index is 0.870. The molecule has 1 aromatic heterocycles. The van der Waals surface area contributed by atoms with Crippen LogP contribution in [0.2, 0.25) is 0 Å². The van der Waals surface area contributed by atoms with Crippen LogP contribution in [0, 0.1) is 29.6 Å². The zero-order valence-corrected chi connectivity index (χ0v) is 65.9. The predicted octanol–water partition coefficient (Wildman–Crippen LogP) is -3.45. The van der Waals surface area contributed by atoms with E-state index in [1.165, 1.54) is 30.7 Å². The number of hydrazine groups is 2. The maximum atomic E-state index is 15.4. The van der Waals surface area contributed by atoms with Gasteiger partial charge in [0.25, 0.3) is 0 Å². The van der Waals surface area contributed by atoms with Gasteiger partial charge in [-0.25, -0.2) is 4.79 Å². The summed E-state index contributed by atoms with van der Waals surface area (Å²) >= 11 is 1.50. The van der Waals surface area contributed by atoms with E-state index >= 15 is 9.00 Å². The molecule has 5 aliphatic rings. The third kappa shape index (κ3) is 28.5. The Morgan fingerprint density at radius 3 is 2.00 bits per heavy atom. The van der Waals surface area contributed by atoms with Crippen molar-refractivity contribution in [2.24, 2.45) is 35.3 Å². The summed E-state index contributed by atoms with van der Waals surface area (Å²) in [7, 11) is -0.973. The van der Waals surface area contributed by atoms with Gasteiger partial charge in [-0.1, -0.05) is 34.1 Å². The van der Waals surface area contributed by atoms with Crippen LogP contribution < -0.4 is 58.6 Å². The number of hydrogen-bond acceptors (Lipinski definition) is 28. The number of aromatic amines is 1. The molecule has 2 saturated heterocycles. The highest BCUT2D eigenvalue weighted by Gasteiger charge is 2.46. The molecule has 40 heteroatoms. The first kappa shape index (κ1) is 91.2. The number of methoxy groups -OCH3 is 1. The summed E-state index contributed by atoms with van der Waals surface area (Å²) in [5.74, 6) is -12.7. The molecule has 2 bridgehead atoms. The number of thioether (sulfide) groups is 1. The minimum Gasteiger partial charge on any atom is -0.496 e. The van der Waals surface area contributed by atoms with Gasteiger partial charge in [0.05, 0.1) is 185 Å². The molecule has 0 aliphatic carbocycles. The Morgan fingerprint density at radius 1 is 0.750 bits per heavy atom. The SMILES string of the molecule is CC[C@H](C)[C@@H]1CC(=O)CNC(=O)[C@H]2CC(=O)[C@H]([C@@H](C)[C@@H](O)CO)NC(=O)[C@@H]3C[C@@H](O)CN3C(=O)[C@H](CC(N)=O)NC(=O)[C@H](CS(=O)c3[nH]c4c(CSCCCCNC(=O)NCCOCCOCCOCCOCCOCCOCCOCCN5C=C(CN6C(=O)CC(C)C6=O)NN5)c(OC)ccc4c3C2)NC(=O)CNC1=O. The van der Waals surface area contributed by atoms with Crippen molar-refractivity contribution in [3.05, 3.63) is 35.2 Å². The third-order valence-corrected chi connectivity index (χ3v) is 22.1. The lowest BCUT2D eigenvalue weighted by Gasteiger charge is -2.32. The van der Waals surface area contributed by atoms with Gasteiger partial charge >= 0.3 is 6.03 Å². The van der Waals surface area contributed by atoms with Gasteiger partial charge in [0, 0.05) is 91.9 Å². The van der Waals surface area contributed by atoms with E-state index in [2.05, 4.69) is 53.2 Å². The number of benzene rings is 1. The van der Waals surface area contributed by atoms with E-state index in [-0.39, 0.29) is 66.2 Å². The summed E-state index contributed by atoms with van der Waals surface area (Å²) < 4.78 is 60.2. The number of ketones is 2. The standard InChI is InChI=1S/C72H112N14O24S2/c1-6-43(2)51-32-48(88)35-76-65(95)46-30-52-50-9-10-59(103-5)53(64(50)81-69(52)112(102)42-55(78-61(93)36-77-66(51)96)67(97)79-54(34-60(73)92)71(100)85-39-49(89)33-56(85)68(98)80-63(57(90)31-46)45(4)58(91)40-87)41-111-28-8-7-11-74-72(101)75-12-14-104-16-18-106-20-22-108-24-26-110-27-25-109-23-21-107-19-17-105-15-13-84-37-47(82-83-84)38-86-62(94)29-44(3)70(86)99/h9-10,37,43-46,49,51,54-56,58,63,81-83,87,89,91H,6-8,11-36,38-42H2,1-5H3,(H2,73,92)(H,76,95)(H,77,96)(H,78,93)(H,79,97)(H,80,98)(H2,74,75,101)/t43-,44?,45-,46+,49+,51-,54-,55-,56-,58-,63-,112?/m0/s1. The fourth-order valence-corrected chi connectivity index (χ4v) is 15.5. The molecular formula is C72H112N14O24S2. The molecule has 0 spiro atoms. The number of carbonyl (C=O) groups excluding carboxylic acids is 12. The number of aromatic nitrogens is 1. The summed E-state index contributed by atoms with van der Waals surface area (Å²) in [6.07, 6.45) is -2.13. The number of aliphatic hydroxyl groups excluding tert-OH is 3. The summed E-state index contributed by atoms with van der Waals surface area (Å²) in [4.78, 5) is 170. The minimum absolute atomic E-state index is 0.0919. The zero-order valence-electron chi connectivity index (χ0n) is 64.3. The van der Waals surface area contributed by atoms with Crippen LogP contribution >= 0.6 is 11.8 Å². The van der Waals surface area contributed by atoms with Crippen molar-refractivity contribution >= 4 is 104 Å².